The Morgan fingerprint density at radius 1 is 1.24 bits per heavy atom. The zero-order valence-corrected chi connectivity index (χ0v) is 15.7. The average Bonchev–Trinajstić information content (AvgIpc) is 2.54. The van der Waals surface area contributed by atoms with Crippen molar-refractivity contribution < 1.29 is 4.79 Å². The Morgan fingerprint density at radius 2 is 1.92 bits per heavy atom. The number of urea groups is 1. The van der Waals surface area contributed by atoms with Crippen LogP contribution in [-0.2, 0) is 6.54 Å². The van der Waals surface area contributed by atoms with Gasteiger partial charge in [-0.2, -0.15) is 0 Å². The molecule has 2 amide bonds. The highest BCUT2D eigenvalue weighted by Gasteiger charge is 2.35. The van der Waals surface area contributed by atoms with Crippen LogP contribution in [0.25, 0.3) is 0 Å². The fraction of sp³-hybridized carbons (Fsp3) is 0.700. The monoisotopic (exact) mass is 344 g/mol. The number of amides is 2. The van der Waals surface area contributed by atoms with Crippen molar-refractivity contribution in [2.45, 2.75) is 64.6 Å². The molecule has 0 bridgehead atoms. The Labute approximate surface area is 151 Å². The highest BCUT2D eigenvalue weighted by atomic mass is 16.2. The molecule has 0 aromatic carbocycles. The van der Waals surface area contributed by atoms with Crippen molar-refractivity contribution in [2.75, 3.05) is 19.6 Å². The second-order valence-electron chi connectivity index (χ2n) is 8.02. The number of hydrogen-bond acceptors (Lipinski definition) is 3. The van der Waals surface area contributed by atoms with Gasteiger partial charge in [0.15, 0.2) is 0 Å². The smallest absolute Gasteiger partial charge is 0.317 e. The van der Waals surface area contributed by atoms with E-state index in [0.717, 1.165) is 39.0 Å². The molecule has 25 heavy (non-hydrogen) atoms. The summed E-state index contributed by atoms with van der Waals surface area (Å²) in [7, 11) is 0. The van der Waals surface area contributed by atoms with E-state index >= 15 is 0 Å². The Balaban J connectivity index is 1.49. The number of nitrogens with zero attached hydrogens (tertiary/aromatic N) is 3. The Hall–Kier alpha value is -1.62. The van der Waals surface area contributed by atoms with Crippen molar-refractivity contribution in [3.8, 4) is 0 Å². The molecular formula is C20H32N4O. The summed E-state index contributed by atoms with van der Waals surface area (Å²) in [5, 5.41) is 3.23. The fourth-order valence-electron chi connectivity index (χ4n) is 3.90. The Bertz CT molecular complexity index is 536. The first-order chi connectivity index (χ1) is 12.1. The second kappa shape index (κ2) is 8.65. The number of pyridine rings is 1. The summed E-state index contributed by atoms with van der Waals surface area (Å²) in [5.41, 5.74) is 1.29. The largest absolute Gasteiger partial charge is 0.335 e. The first-order valence-corrected chi connectivity index (χ1v) is 9.80. The maximum absolute atomic E-state index is 12.4. The third-order valence-electron chi connectivity index (χ3n) is 5.33. The molecule has 5 heteroatoms. The fourth-order valence-corrected chi connectivity index (χ4v) is 3.90. The average molecular weight is 345 g/mol. The van der Waals surface area contributed by atoms with Gasteiger partial charge in [-0.3, -0.25) is 9.88 Å². The number of likely N-dealkylation sites (tertiary alicyclic amines) is 1. The maximum atomic E-state index is 12.4. The zero-order chi connectivity index (χ0) is 17.6. The van der Waals surface area contributed by atoms with Crippen molar-refractivity contribution in [3.05, 3.63) is 30.1 Å². The lowest BCUT2D eigenvalue weighted by Crippen LogP contribution is -2.63. The van der Waals surface area contributed by atoms with Gasteiger partial charge in [0.25, 0.3) is 0 Å². The lowest BCUT2D eigenvalue weighted by atomic mass is 9.95. The van der Waals surface area contributed by atoms with E-state index in [-0.39, 0.29) is 6.03 Å². The highest BCUT2D eigenvalue weighted by Crippen LogP contribution is 2.21. The van der Waals surface area contributed by atoms with Crippen LogP contribution in [0.1, 0.15) is 51.5 Å². The van der Waals surface area contributed by atoms with Crippen LogP contribution in [0.2, 0.25) is 0 Å². The van der Waals surface area contributed by atoms with E-state index in [2.05, 4.69) is 41.2 Å². The summed E-state index contributed by atoms with van der Waals surface area (Å²) in [4.78, 5) is 21.0. The van der Waals surface area contributed by atoms with Gasteiger partial charge in [0.2, 0.25) is 0 Å². The third-order valence-corrected chi connectivity index (χ3v) is 5.33. The quantitative estimate of drug-likeness (QED) is 0.862. The molecule has 1 saturated heterocycles. The number of rotatable bonds is 6. The van der Waals surface area contributed by atoms with Crippen molar-refractivity contribution in [3.63, 3.8) is 0 Å². The first kappa shape index (κ1) is 18.2. The van der Waals surface area contributed by atoms with E-state index in [4.69, 9.17) is 0 Å². The lowest BCUT2D eigenvalue weighted by molar-refractivity contribution is 0.0431. The van der Waals surface area contributed by atoms with E-state index in [1.54, 1.807) is 0 Å². The van der Waals surface area contributed by atoms with Crippen LogP contribution in [0, 0.1) is 5.92 Å². The predicted octanol–water partition coefficient (Wildman–Crippen LogP) is 3.27. The van der Waals surface area contributed by atoms with Gasteiger partial charge < -0.3 is 10.2 Å². The van der Waals surface area contributed by atoms with Gasteiger partial charge >= 0.3 is 6.03 Å². The molecule has 2 aliphatic rings. The van der Waals surface area contributed by atoms with E-state index in [1.165, 1.54) is 24.8 Å². The minimum Gasteiger partial charge on any atom is -0.335 e. The highest BCUT2D eigenvalue weighted by molar-refractivity contribution is 5.75. The molecular weight excluding hydrogens is 312 g/mol. The molecule has 1 aliphatic carbocycles. The van der Waals surface area contributed by atoms with Crippen LogP contribution in [-0.4, -0.2) is 52.5 Å². The van der Waals surface area contributed by atoms with Crippen LogP contribution < -0.4 is 5.32 Å². The Morgan fingerprint density at radius 3 is 2.56 bits per heavy atom. The second-order valence-corrected chi connectivity index (χ2v) is 8.02. The first-order valence-electron chi connectivity index (χ1n) is 9.80. The number of carbonyl (C=O) groups excluding carboxylic acids is 1. The standard InChI is InChI=1S/C20H32N4O/c1-16(2)12-23(13-17-8-10-21-11-9-17)19-14-24(15-19)20(25)22-18-6-4-3-5-7-18/h8-11,16,18-19H,3-7,12-15H2,1-2H3,(H,22,25). The third kappa shape index (κ3) is 5.18. The summed E-state index contributed by atoms with van der Waals surface area (Å²) >= 11 is 0. The predicted molar refractivity (Wildman–Crippen MR) is 100 cm³/mol. The molecule has 1 saturated carbocycles. The molecule has 2 heterocycles. The minimum absolute atomic E-state index is 0.136. The van der Waals surface area contributed by atoms with Crippen molar-refractivity contribution in [1.29, 1.82) is 0 Å². The molecule has 0 atom stereocenters. The number of hydrogen-bond donors (Lipinski definition) is 1. The van der Waals surface area contributed by atoms with E-state index in [1.807, 2.05) is 17.3 Å². The minimum atomic E-state index is 0.136. The van der Waals surface area contributed by atoms with Crippen LogP contribution in [0.4, 0.5) is 4.79 Å². The molecule has 2 fully saturated rings. The number of nitrogens with one attached hydrogen (secondary N) is 1. The van der Waals surface area contributed by atoms with Crippen molar-refractivity contribution in [2.24, 2.45) is 5.92 Å². The molecule has 0 spiro atoms. The van der Waals surface area contributed by atoms with E-state index in [9.17, 15) is 4.79 Å². The van der Waals surface area contributed by atoms with Gasteiger partial charge in [-0.15, -0.1) is 0 Å². The topological polar surface area (TPSA) is 48.5 Å². The molecule has 3 rings (SSSR count). The number of carbonyl (C=O) groups is 1. The van der Waals surface area contributed by atoms with Crippen LogP contribution in [0.3, 0.4) is 0 Å². The molecule has 1 N–H and O–H groups in total. The van der Waals surface area contributed by atoms with Crippen LogP contribution in [0.5, 0.6) is 0 Å². The van der Waals surface area contributed by atoms with Gasteiger partial charge in [-0.25, -0.2) is 4.79 Å². The normalized spacial score (nSPS) is 19.3. The van der Waals surface area contributed by atoms with Gasteiger partial charge in [-0.05, 0) is 36.5 Å². The van der Waals surface area contributed by atoms with Crippen molar-refractivity contribution >= 4 is 6.03 Å². The van der Waals surface area contributed by atoms with E-state index < -0.39 is 0 Å². The maximum Gasteiger partial charge on any atom is 0.317 e. The van der Waals surface area contributed by atoms with Gasteiger partial charge in [-0.1, -0.05) is 33.1 Å². The summed E-state index contributed by atoms with van der Waals surface area (Å²) in [6.45, 7) is 8.19. The summed E-state index contributed by atoms with van der Waals surface area (Å²) in [6.07, 6.45) is 9.82. The molecule has 5 nitrogen and oxygen atoms in total. The summed E-state index contributed by atoms with van der Waals surface area (Å²) in [5.74, 6) is 0.618. The van der Waals surface area contributed by atoms with Crippen molar-refractivity contribution in [1.82, 2.24) is 20.1 Å². The Kier molecular flexibility index (Phi) is 6.29. The molecule has 138 valence electrons. The summed E-state index contributed by atoms with van der Waals surface area (Å²) < 4.78 is 0. The molecule has 1 aliphatic heterocycles. The van der Waals surface area contributed by atoms with Gasteiger partial charge in [0.1, 0.15) is 0 Å². The SMILES string of the molecule is CC(C)CN(Cc1ccncc1)C1CN(C(=O)NC2CCCCC2)C1. The van der Waals surface area contributed by atoms with Crippen LogP contribution >= 0.6 is 0 Å². The summed E-state index contributed by atoms with van der Waals surface area (Å²) in [6, 6.07) is 5.16. The molecule has 1 aromatic rings. The van der Waals surface area contributed by atoms with Crippen LogP contribution in [0.15, 0.2) is 24.5 Å². The van der Waals surface area contributed by atoms with Gasteiger partial charge in [0.05, 0.1) is 0 Å². The van der Waals surface area contributed by atoms with E-state index in [0.29, 0.717) is 18.0 Å². The molecule has 0 radical (unpaired) electrons. The van der Waals surface area contributed by atoms with Gasteiger partial charge in [0, 0.05) is 50.7 Å². The zero-order valence-electron chi connectivity index (χ0n) is 15.7. The number of aromatic nitrogens is 1. The molecule has 1 aromatic heterocycles. The lowest BCUT2D eigenvalue weighted by Gasteiger charge is -2.46. The molecule has 0 unspecified atom stereocenters.